The Bertz CT molecular complexity index is 1120. The summed E-state index contributed by atoms with van der Waals surface area (Å²) in [4.78, 5) is 14.6. The van der Waals surface area contributed by atoms with E-state index >= 15 is 0 Å². The van der Waals surface area contributed by atoms with Crippen molar-refractivity contribution in [1.29, 1.82) is 0 Å². The van der Waals surface area contributed by atoms with Gasteiger partial charge < -0.3 is 4.90 Å². The molecule has 1 amide bonds. The lowest BCUT2D eigenvalue weighted by Gasteiger charge is -2.33. The molecule has 162 valence electrons. The van der Waals surface area contributed by atoms with E-state index < -0.39 is 20.0 Å². The molecule has 0 unspecified atom stereocenters. The SMILES string of the molecule is O=C(c1cccc(S(=O)(=O)N2CCCC2)c1)N1CCN(S(=O)(=O)c2cccs2)CC1. The number of carbonyl (C=O) groups excluding carboxylic acids is 1. The number of hydrogen-bond acceptors (Lipinski definition) is 6. The van der Waals surface area contributed by atoms with Gasteiger partial charge in [0.05, 0.1) is 4.90 Å². The summed E-state index contributed by atoms with van der Waals surface area (Å²) in [5.41, 5.74) is 0.296. The number of benzene rings is 1. The van der Waals surface area contributed by atoms with Crippen molar-refractivity contribution in [2.24, 2.45) is 0 Å². The number of hydrogen-bond donors (Lipinski definition) is 0. The fourth-order valence-corrected chi connectivity index (χ4v) is 7.85. The van der Waals surface area contributed by atoms with Crippen LogP contribution in [-0.2, 0) is 20.0 Å². The van der Waals surface area contributed by atoms with Gasteiger partial charge in [-0.3, -0.25) is 4.79 Å². The Morgan fingerprint density at radius 1 is 0.800 bits per heavy atom. The van der Waals surface area contributed by atoms with Gasteiger partial charge in [-0.1, -0.05) is 12.1 Å². The van der Waals surface area contributed by atoms with Crippen LogP contribution in [0.1, 0.15) is 23.2 Å². The van der Waals surface area contributed by atoms with Gasteiger partial charge in [0.1, 0.15) is 4.21 Å². The Morgan fingerprint density at radius 2 is 1.47 bits per heavy atom. The molecule has 0 N–H and O–H groups in total. The number of carbonyl (C=O) groups is 1. The van der Waals surface area contributed by atoms with Gasteiger partial charge in [0.15, 0.2) is 0 Å². The fourth-order valence-electron chi connectivity index (χ4n) is 3.72. The maximum absolute atomic E-state index is 12.9. The molecule has 1 aromatic carbocycles. The molecule has 8 nitrogen and oxygen atoms in total. The average molecular weight is 470 g/mol. The number of amides is 1. The Hall–Kier alpha value is -1.79. The predicted octanol–water partition coefficient (Wildman–Crippen LogP) is 1.68. The molecule has 0 spiro atoms. The van der Waals surface area contributed by atoms with Gasteiger partial charge >= 0.3 is 0 Å². The zero-order chi connectivity index (χ0) is 21.4. The van der Waals surface area contributed by atoms with E-state index in [4.69, 9.17) is 0 Å². The summed E-state index contributed by atoms with van der Waals surface area (Å²) < 4.78 is 54.0. The van der Waals surface area contributed by atoms with Crippen molar-refractivity contribution in [2.75, 3.05) is 39.3 Å². The molecule has 1 aromatic heterocycles. The fraction of sp³-hybridized carbons (Fsp3) is 0.421. The topological polar surface area (TPSA) is 95.1 Å². The third kappa shape index (κ3) is 4.04. The van der Waals surface area contributed by atoms with Gasteiger partial charge in [-0.25, -0.2) is 16.8 Å². The van der Waals surface area contributed by atoms with E-state index in [9.17, 15) is 21.6 Å². The van der Waals surface area contributed by atoms with Crippen LogP contribution in [0.5, 0.6) is 0 Å². The zero-order valence-electron chi connectivity index (χ0n) is 16.3. The smallest absolute Gasteiger partial charge is 0.253 e. The minimum atomic E-state index is -3.60. The second kappa shape index (κ2) is 8.39. The van der Waals surface area contributed by atoms with E-state index in [1.807, 2.05) is 0 Å². The Kier molecular flexibility index (Phi) is 5.99. The van der Waals surface area contributed by atoms with E-state index in [1.165, 1.54) is 32.1 Å². The van der Waals surface area contributed by atoms with Crippen LogP contribution in [0.15, 0.2) is 50.9 Å². The van der Waals surface area contributed by atoms with Crippen molar-refractivity contribution in [3.05, 3.63) is 47.3 Å². The first-order valence-electron chi connectivity index (χ1n) is 9.73. The molecule has 11 heteroatoms. The molecule has 0 saturated carbocycles. The molecule has 2 fully saturated rings. The van der Waals surface area contributed by atoms with Crippen LogP contribution in [0.3, 0.4) is 0 Å². The largest absolute Gasteiger partial charge is 0.336 e. The number of nitrogens with zero attached hydrogens (tertiary/aromatic N) is 3. The van der Waals surface area contributed by atoms with Crippen LogP contribution in [0.4, 0.5) is 0 Å². The summed E-state index contributed by atoms with van der Waals surface area (Å²) in [7, 11) is -7.14. The summed E-state index contributed by atoms with van der Waals surface area (Å²) in [5, 5.41) is 1.72. The minimum Gasteiger partial charge on any atom is -0.336 e. The van der Waals surface area contributed by atoms with Crippen molar-refractivity contribution in [3.8, 4) is 0 Å². The molecule has 0 radical (unpaired) electrons. The molecule has 0 bridgehead atoms. The monoisotopic (exact) mass is 469 g/mol. The van der Waals surface area contributed by atoms with Gasteiger partial charge in [-0.15, -0.1) is 11.3 Å². The van der Waals surface area contributed by atoms with Gasteiger partial charge in [-0.2, -0.15) is 8.61 Å². The highest BCUT2D eigenvalue weighted by Gasteiger charge is 2.32. The number of thiophene rings is 1. The Balaban J connectivity index is 1.46. The lowest BCUT2D eigenvalue weighted by molar-refractivity contribution is 0.0697. The van der Waals surface area contributed by atoms with Crippen LogP contribution in [0.25, 0.3) is 0 Å². The second-order valence-corrected chi connectivity index (χ2v) is 12.3. The number of rotatable bonds is 5. The number of piperazine rings is 1. The first-order chi connectivity index (χ1) is 14.3. The van der Waals surface area contributed by atoms with Gasteiger partial charge in [0.2, 0.25) is 10.0 Å². The van der Waals surface area contributed by atoms with E-state index in [-0.39, 0.29) is 37.0 Å². The van der Waals surface area contributed by atoms with Crippen molar-refractivity contribution < 1.29 is 21.6 Å². The highest BCUT2D eigenvalue weighted by Crippen LogP contribution is 2.24. The first kappa shape index (κ1) is 21.4. The van der Waals surface area contributed by atoms with Crippen LogP contribution >= 0.6 is 11.3 Å². The third-order valence-electron chi connectivity index (χ3n) is 5.40. The lowest BCUT2D eigenvalue weighted by atomic mass is 10.2. The molecule has 30 heavy (non-hydrogen) atoms. The van der Waals surface area contributed by atoms with E-state index in [2.05, 4.69) is 0 Å². The van der Waals surface area contributed by atoms with Crippen LogP contribution in [-0.4, -0.2) is 75.5 Å². The standard InChI is InChI=1S/C19H23N3O5S3/c23-19(16-5-3-6-17(15-16)29(24,25)21-8-1-2-9-21)20-10-12-22(13-11-20)30(26,27)18-7-4-14-28-18/h3-7,14-15H,1-2,8-13H2. The minimum absolute atomic E-state index is 0.120. The number of sulfonamides is 2. The summed E-state index contributed by atoms with van der Waals surface area (Å²) in [6, 6.07) is 9.37. The van der Waals surface area contributed by atoms with Crippen molar-refractivity contribution in [2.45, 2.75) is 21.9 Å². The lowest BCUT2D eigenvalue weighted by Crippen LogP contribution is -2.50. The van der Waals surface area contributed by atoms with Crippen LogP contribution in [0.2, 0.25) is 0 Å². The first-order valence-corrected chi connectivity index (χ1v) is 13.5. The molecule has 2 aliphatic rings. The summed E-state index contributed by atoms with van der Waals surface area (Å²) >= 11 is 1.17. The highest BCUT2D eigenvalue weighted by atomic mass is 32.2. The Morgan fingerprint density at radius 3 is 2.10 bits per heavy atom. The molecular formula is C19H23N3O5S3. The van der Waals surface area contributed by atoms with Crippen LogP contribution < -0.4 is 0 Å². The third-order valence-corrected chi connectivity index (χ3v) is 10.6. The van der Waals surface area contributed by atoms with Crippen LogP contribution in [0, 0.1) is 0 Å². The maximum atomic E-state index is 12.9. The molecule has 0 aliphatic carbocycles. The van der Waals surface area contributed by atoms with E-state index in [0.717, 1.165) is 12.8 Å². The molecular weight excluding hydrogens is 446 g/mol. The molecule has 3 heterocycles. The quantitative estimate of drug-likeness (QED) is 0.664. The molecule has 2 aliphatic heterocycles. The van der Waals surface area contributed by atoms with Gasteiger partial charge in [-0.05, 0) is 42.5 Å². The highest BCUT2D eigenvalue weighted by molar-refractivity contribution is 7.91. The van der Waals surface area contributed by atoms with Crippen molar-refractivity contribution in [1.82, 2.24) is 13.5 Å². The predicted molar refractivity (Wildman–Crippen MR) is 113 cm³/mol. The van der Waals surface area contributed by atoms with Gasteiger partial charge in [0, 0.05) is 44.8 Å². The second-order valence-electron chi connectivity index (χ2n) is 7.27. The average Bonchev–Trinajstić information content (AvgIpc) is 3.48. The normalized spacial score (nSPS) is 19.3. The van der Waals surface area contributed by atoms with Gasteiger partial charge in [0.25, 0.3) is 15.9 Å². The Labute approximate surface area is 180 Å². The molecule has 4 rings (SSSR count). The van der Waals surface area contributed by atoms with Crippen molar-refractivity contribution in [3.63, 3.8) is 0 Å². The van der Waals surface area contributed by atoms with E-state index in [1.54, 1.807) is 34.5 Å². The molecule has 0 atom stereocenters. The molecule has 2 aromatic rings. The van der Waals surface area contributed by atoms with Crippen molar-refractivity contribution >= 4 is 37.3 Å². The maximum Gasteiger partial charge on any atom is 0.253 e. The molecule has 2 saturated heterocycles. The summed E-state index contributed by atoms with van der Waals surface area (Å²) in [6.07, 6.45) is 1.69. The van der Waals surface area contributed by atoms with E-state index in [0.29, 0.717) is 22.9 Å². The summed E-state index contributed by atoms with van der Waals surface area (Å²) in [5.74, 6) is -0.290. The summed E-state index contributed by atoms with van der Waals surface area (Å²) in [6.45, 7) is 1.93. The zero-order valence-corrected chi connectivity index (χ0v) is 18.8.